The summed E-state index contributed by atoms with van der Waals surface area (Å²) in [5, 5.41) is 1.94. The number of rotatable bonds is 4. The molecule has 2 fully saturated rings. The van der Waals surface area contributed by atoms with Gasteiger partial charge in [-0.2, -0.15) is 0 Å². The van der Waals surface area contributed by atoms with Crippen LogP contribution in [0.4, 0.5) is 0 Å². The van der Waals surface area contributed by atoms with Crippen molar-refractivity contribution in [3.8, 4) is 5.75 Å². The summed E-state index contributed by atoms with van der Waals surface area (Å²) < 4.78 is 5.32. The minimum Gasteiger partial charge on any atom is -0.495 e. The van der Waals surface area contributed by atoms with E-state index in [0.29, 0.717) is 12.1 Å². The van der Waals surface area contributed by atoms with Gasteiger partial charge in [-0.05, 0) is 50.2 Å². The average molecular weight is 308 g/mol. The molecule has 4 nitrogen and oxygen atoms in total. The Hall–Kier alpha value is -1.07. The van der Waals surface area contributed by atoms with Gasteiger partial charge in [-0.25, -0.2) is 0 Å². The number of thiophene rings is 1. The fourth-order valence-corrected chi connectivity index (χ4v) is 4.68. The fraction of sp³-hybridized carbons (Fsp3) is 0.688. The van der Waals surface area contributed by atoms with Gasteiger partial charge in [-0.1, -0.05) is 6.92 Å². The number of hydrogen-bond acceptors (Lipinski definition) is 4. The molecule has 0 aromatic carbocycles. The molecule has 2 unspecified atom stereocenters. The topological polar surface area (TPSA) is 32.8 Å². The normalized spacial score (nSPS) is 26.5. The van der Waals surface area contributed by atoms with E-state index < -0.39 is 0 Å². The van der Waals surface area contributed by atoms with E-state index in [2.05, 4.69) is 16.7 Å². The van der Waals surface area contributed by atoms with Gasteiger partial charge in [-0.15, -0.1) is 11.3 Å². The first-order valence-corrected chi connectivity index (χ1v) is 8.80. The number of hydrogen-bond donors (Lipinski definition) is 0. The fourth-order valence-electron chi connectivity index (χ4n) is 3.87. The van der Waals surface area contributed by atoms with Crippen LogP contribution in [0.5, 0.6) is 5.75 Å². The van der Waals surface area contributed by atoms with Crippen LogP contribution in [0.1, 0.15) is 42.3 Å². The highest BCUT2D eigenvalue weighted by Gasteiger charge is 2.40. The third kappa shape index (κ3) is 2.69. The lowest BCUT2D eigenvalue weighted by atomic mass is 10.0. The molecule has 1 aromatic rings. The second-order valence-electron chi connectivity index (χ2n) is 5.86. The minimum absolute atomic E-state index is 0.160. The van der Waals surface area contributed by atoms with Crippen molar-refractivity contribution in [1.29, 1.82) is 0 Å². The number of methoxy groups -OCH3 is 1. The van der Waals surface area contributed by atoms with Gasteiger partial charge in [0.05, 0.1) is 7.11 Å². The first-order chi connectivity index (χ1) is 10.3. The number of amides is 1. The molecule has 0 aliphatic carbocycles. The number of carbonyl (C=O) groups is 1. The molecule has 0 N–H and O–H groups in total. The summed E-state index contributed by atoms with van der Waals surface area (Å²) in [6, 6.07) is 2.82. The van der Waals surface area contributed by atoms with Gasteiger partial charge in [0, 0.05) is 18.6 Å². The van der Waals surface area contributed by atoms with E-state index in [0.717, 1.165) is 36.6 Å². The summed E-state index contributed by atoms with van der Waals surface area (Å²) in [5.74, 6) is 0.877. The predicted molar refractivity (Wildman–Crippen MR) is 85.2 cm³/mol. The molecule has 2 atom stereocenters. The lowest BCUT2D eigenvalue weighted by molar-refractivity contribution is 0.0652. The highest BCUT2D eigenvalue weighted by atomic mass is 32.1. The molecule has 0 saturated carbocycles. The molecule has 3 heterocycles. The Kier molecular flexibility index (Phi) is 4.50. The minimum atomic E-state index is 0.160. The van der Waals surface area contributed by atoms with Crippen LogP contribution in [0.3, 0.4) is 0 Å². The molecular weight excluding hydrogens is 284 g/mol. The predicted octanol–water partition coefficient (Wildman–Crippen LogP) is 2.85. The van der Waals surface area contributed by atoms with Crippen LogP contribution in [0.2, 0.25) is 0 Å². The molecule has 2 aliphatic heterocycles. The van der Waals surface area contributed by atoms with Gasteiger partial charge < -0.3 is 9.64 Å². The summed E-state index contributed by atoms with van der Waals surface area (Å²) in [6.45, 7) is 5.38. The maximum Gasteiger partial charge on any atom is 0.268 e. The largest absolute Gasteiger partial charge is 0.495 e. The van der Waals surface area contributed by atoms with Crippen molar-refractivity contribution in [2.75, 3.05) is 26.7 Å². The van der Waals surface area contributed by atoms with Crippen LogP contribution in [0.25, 0.3) is 0 Å². The molecular formula is C16H24N2O2S. The van der Waals surface area contributed by atoms with Crippen LogP contribution < -0.4 is 4.74 Å². The third-order valence-electron chi connectivity index (χ3n) is 4.87. The zero-order valence-electron chi connectivity index (χ0n) is 12.9. The first-order valence-electron chi connectivity index (χ1n) is 7.92. The number of likely N-dealkylation sites (N-methyl/N-ethyl adjacent to an activating group) is 1. The molecule has 3 rings (SSSR count). The maximum absolute atomic E-state index is 12.9. The van der Waals surface area contributed by atoms with Crippen molar-refractivity contribution < 1.29 is 9.53 Å². The first kappa shape index (κ1) is 14.9. The summed E-state index contributed by atoms with van der Waals surface area (Å²) in [7, 11) is 1.64. The van der Waals surface area contributed by atoms with Crippen molar-refractivity contribution in [3.63, 3.8) is 0 Å². The SMILES string of the molecule is CCN1CCCC1C1CCCN1C(=O)c1sccc1OC. The highest BCUT2D eigenvalue weighted by Crippen LogP contribution is 2.33. The van der Waals surface area contributed by atoms with Crippen LogP contribution >= 0.6 is 11.3 Å². The Labute approximate surface area is 130 Å². The summed E-state index contributed by atoms with van der Waals surface area (Å²) >= 11 is 1.49. The highest BCUT2D eigenvalue weighted by molar-refractivity contribution is 7.12. The van der Waals surface area contributed by atoms with E-state index in [9.17, 15) is 4.79 Å². The Morgan fingerprint density at radius 2 is 2.10 bits per heavy atom. The Balaban J connectivity index is 1.79. The van der Waals surface area contributed by atoms with Gasteiger partial charge in [0.2, 0.25) is 0 Å². The van der Waals surface area contributed by atoms with Crippen molar-refractivity contribution in [3.05, 3.63) is 16.3 Å². The van der Waals surface area contributed by atoms with Gasteiger partial charge in [0.1, 0.15) is 10.6 Å². The van der Waals surface area contributed by atoms with Gasteiger partial charge >= 0.3 is 0 Å². The molecule has 2 aliphatic rings. The average Bonchev–Trinajstić information content (AvgIpc) is 3.23. The monoisotopic (exact) mass is 308 g/mol. The lowest BCUT2D eigenvalue weighted by Gasteiger charge is -2.34. The summed E-state index contributed by atoms with van der Waals surface area (Å²) in [4.78, 5) is 18.3. The Morgan fingerprint density at radius 3 is 2.86 bits per heavy atom. The van der Waals surface area contributed by atoms with E-state index in [4.69, 9.17) is 4.74 Å². The van der Waals surface area contributed by atoms with E-state index in [1.54, 1.807) is 7.11 Å². The van der Waals surface area contributed by atoms with Gasteiger partial charge in [-0.3, -0.25) is 9.69 Å². The molecule has 1 aromatic heterocycles. The van der Waals surface area contributed by atoms with Crippen LogP contribution in [0, 0.1) is 0 Å². The van der Waals surface area contributed by atoms with E-state index in [1.165, 1.54) is 30.7 Å². The van der Waals surface area contributed by atoms with Crippen molar-refractivity contribution in [1.82, 2.24) is 9.80 Å². The molecule has 2 saturated heterocycles. The van der Waals surface area contributed by atoms with Crippen molar-refractivity contribution >= 4 is 17.2 Å². The molecule has 0 spiro atoms. The quantitative estimate of drug-likeness (QED) is 0.857. The van der Waals surface area contributed by atoms with Crippen LogP contribution in [-0.4, -0.2) is 54.5 Å². The van der Waals surface area contributed by atoms with E-state index in [-0.39, 0.29) is 5.91 Å². The van der Waals surface area contributed by atoms with Crippen molar-refractivity contribution in [2.24, 2.45) is 0 Å². The van der Waals surface area contributed by atoms with Crippen LogP contribution in [0.15, 0.2) is 11.4 Å². The number of nitrogens with zero attached hydrogens (tertiary/aromatic N) is 2. The molecule has 0 radical (unpaired) electrons. The molecule has 116 valence electrons. The van der Waals surface area contributed by atoms with E-state index >= 15 is 0 Å². The summed E-state index contributed by atoms with van der Waals surface area (Å²) in [5.41, 5.74) is 0. The lowest BCUT2D eigenvalue weighted by Crippen LogP contribution is -2.48. The second kappa shape index (κ2) is 6.36. The Bertz CT molecular complexity index is 502. The molecule has 1 amide bonds. The van der Waals surface area contributed by atoms with Crippen molar-refractivity contribution in [2.45, 2.75) is 44.7 Å². The van der Waals surface area contributed by atoms with Crippen LogP contribution in [-0.2, 0) is 0 Å². The Morgan fingerprint density at radius 1 is 1.33 bits per heavy atom. The molecule has 21 heavy (non-hydrogen) atoms. The van der Waals surface area contributed by atoms with Gasteiger partial charge in [0.15, 0.2) is 0 Å². The third-order valence-corrected chi connectivity index (χ3v) is 5.75. The smallest absolute Gasteiger partial charge is 0.268 e. The zero-order valence-corrected chi connectivity index (χ0v) is 13.7. The number of likely N-dealkylation sites (tertiary alicyclic amines) is 2. The maximum atomic E-state index is 12.9. The summed E-state index contributed by atoms with van der Waals surface area (Å²) in [6.07, 6.45) is 4.75. The van der Waals surface area contributed by atoms with E-state index in [1.807, 2.05) is 11.4 Å². The molecule has 5 heteroatoms. The molecule has 0 bridgehead atoms. The van der Waals surface area contributed by atoms with Gasteiger partial charge in [0.25, 0.3) is 5.91 Å². The number of ether oxygens (including phenoxy) is 1. The zero-order chi connectivity index (χ0) is 14.8. The standard InChI is InChI=1S/C16H24N2O2S/c1-3-17-9-4-6-12(17)13-7-5-10-18(13)16(19)15-14(20-2)8-11-21-15/h8,11-13H,3-7,9-10H2,1-2H3. The number of carbonyl (C=O) groups excluding carboxylic acids is 1. The second-order valence-corrected chi connectivity index (χ2v) is 6.78.